The zero-order valence-electron chi connectivity index (χ0n) is 15.8. The Bertz CT molecular complexity index is 854. The van der Waals surface area contributed by atoms with Crippen LogP contribution < -0.4 is 5.73 Å². The van der Waals surface area contributed by atoms with Crippen LogP contribution in [0, 0.1) is 0 Å². The van der Waals surface area contributed by atoms with Gasteiger partial charge in [-0.3, -0.25) is 4.79 Å². The largest absolute Gasteiger partial charge is 0.459 e. The normalized spacial score (nSPS) is 11.0. The molecule has 6 nitrogen and oxygen atoms in total. The number of hydrogen-bond acceptors (Lipinski definition) is 6. The van der Waals surface area contributed by atoms with E-state index in [2.05, 4.69) is 0 Å². The molecule has 4 N–H and O–H groups in total. The number of nitrogens with two attached hydrogens (primary N) is 1. The third-order valence-corrected chi connectivity index (χ3v) is 3.84. The molecule has 150 valence electrons. The van der Waals surface area contributed by atoms with E-state index in [1.165, 1.54) is 12.1 Å². The summed E-state index contributed by atoms with van der Waals surface area (Å²) in [5.74, 6) is -0.478. The number of aliphatic hydroxyl groups is 2. The summed E-state index contributed by atoms with van der Waals surface area (Å²) in [6, 6.07) is 24.8. The van der Waals surface area contributed by atoms with Gasteiger partial charge in [-0.2, -0.15) is 0 Å². The molecule has 0 aliphatic carbocycles. The van der Waals surface area contributed by atoms with E-state index in [0.717, 1.165) is 11.1 Å². The van der Waals surface area contributed by atoms with Crippen molar-refractivity contribution in [2.45, 2.75) is 6.10 Å². The minimum Gasteiger partial charge on any atom is -0.459 e. The van der Waals surface area contributed by atoms with E-state index in [1.807, 2.05) is 60.7 Å². The molecule has 0 aromatic heterocycles. The number of ether oxygens (including phenoxy) is 1. The average Bonchev–Trinajstić information content (AvgIpc) is 2.78. The van der Waals surface area contributed by atoms with Crippen molar-refractivity contribution in [1.82, 2.24) is 0 Å². The molecule has 1 atom stereocenters. The highest BCUT2D eigenvalue weighted by molar-refractivity contribution is 6.08. The summed E-state index contributed by atoms with van der Waals surface area (Å²) in [6.45, 7) is -0.658. The second-order valence-electron chi connectivity index (χ2n) is 6.12. The Labute approximate surface area is 169 Å². The molecule has 0 saturated carbocycles. The van der Waals surface area contributed by atoms with E-state index in [4.69, 9.17) is 20.7 Å². The van der Waals surface area contributed by atoms with Gasteiger partial charge in [0.1, 0.15) is 12.7 Å². The lowest BCUT2D eigenvalue weighted by atomic mass is 10.0. The predicted molar refractivity (Wildman–Crippen MR) is 111 cm³/mol. The van der Waals surface area contributed by atoms with Crippen LogP contribution in [0.15, 0.2) is 84.9 Å². The number of benzene rings is 3. The van der Waals surface area contributed by atoms with Gasteiger partial charge in [0.05, 0.1) is 12.2 Å². The van der Waals surface area contributed by atoms with Crippen LogP contribution in [-0.2, 0) is 4.74 Å². The molecule has 6 heteroatoms. The van der Waals surface area contributed by atoms with Gasteiger partial charge in [-0.05, 0) is 24.3 Å². The van der Waals surface area contributed by atoms with E-state index in [-0.39, 0.29) is 12.4 Å². The maximum atomic E-state index is 11.8. The molecular weight excluding hydrogens is 370 g/mol. The van der Waals surface area contributed by atoms with Crippen LogP contribution in [0.3, 0.4) is 0 Å². The number of carbonyl (C=O) groups excluding carboxylic acids is 2. The first-order valence-electron chi connectivity index (χ1n) is 8.97. The number of anilines is 1. The van der Waals surface area contributed by atoms with Crippen LogP contribution >= 0.6 is 0 Å². The number of nitrogen functional groups attached to an aromatic ring is 1. The van der Waals surface area contributed by atoms with Crippen molar-refractivity contribution in [3.63, 3.8) is 0 Å². The van der Waals surface area contributed by atoms with Gasteiger partial charge in [0.2, 0.25) is 0 Å². The zero-order valence-corrected chi connectivity index (χ0v) is 15.8. The van der Waals surface area contributed by atoms with E-state index >= 15 is 0 Å². The Morgan fingerprint density at radius 3 is 1.72 bits per heavy atom. The standard InChI is InChI=1S/C13H10O.C10H13NO4/c14-13(11-7-3-1-4-8-11)12-9-5-2-6-10-12;11-8-3-1-7(2-4-8)10(14)15-6-9(13)5-12/h1-10H;1-4,9,12-13H,5-6,11H2. The van der Waals surface area contributed by atoms with Crippen molar-refractivity contribution in [2.24, 2.45) is 0 Å². The number of carbonyl (C=O) groups is 2. The number of aliphatic hydroxyl groups excluding tert-OH is 2. The first-order valence-corrected chi connectivity index (χ1v) is 8.97. The maximum Gasteiger partial charge on any atom is 0.338 e. The lowest BCUT2D eigenvalue weighted by Gasteiger charge is -2.08. The molecule has 0 fully saturated rings. The van der Waals surface area contributed by atoms with Crippen molar-refractivity contribution in [1.29, 1.82) is 0 Å². The van der Waals surface area contributed by atoms with Crippen LogP contribution in [0.25, 0.3) is 0 Å². The topological polar surface area (TPSA) is 110 Å². The van der Waals surface area contributed by atoms with Crippen LogP contribution in [-0.4, -0.2) is 41.3 Å². The first-order chi connectivity index (χ1) is 14.0. The van der Waals surface area contributed by atoms with Gasteiger partial charge in [0.25, 0.3) is 0 Å². The first kappa shape index (κ1) is 21.8. The minimum absolute atomic E-state index is 0.0752. The highest BCUT2D eigenvalue weighted by atomic mass is 16.5. The van der Waals surface area contributed by atoms with Gasteiger partial charge < -0.3 is 20.7 Å². The molecular formula is C23H23NO5. The molecule has 0 amide bonds. The summed E-state index contributed by atoms with van der Waals surface area (Å²) in [5, 5.41) is 17.4. The average molecular weight is 393 g/mol. The van der Waals surface area contributed by atoms with Crippen molar-refractivity contribution < 1.29 is 24.5 Å². The fourth-order valence-corrected chi connectivity index (χ4v) is 2.27. The summed E-state index contributed by atoms with van der Waals surface area (Å²) in [6.07, 6.45) is -1.04. The smallest absolute Gasteiger partial charge is 0.338 e. The molecule has 0 aliphatic rings. The number of hydrogen-bond donors (Lipinski definition) is 3. The molecule has 3 rings (SSSR count). The second kappa shape index (κ2) is 11.4. The third kappa shape index (κ3) is 7.21. The fourth-order valence-electron chi connectivity index (χ4n) is 2.27. The van der Waals surface area contributed by atoms with Gasteiger partial charge in [-0.1, -0.05) is 60.7 Å². The number of esters is 1. The maximum absolute atomic E-state index is 11.8. The molecule has 0 saturated heterocycles. The quantitative estimate of drug-likeness (QED) is 0.337. The van der Waals surface area contributed by atoms with E-state index < -0.39 is 18.7 Å². The van der Waals surface area contributed by atoms with Crippen LogP contribution in [0.2, 0.25) is 0 Å². The second-order valence-corrected chi connectivity index (χ2v) is 6.12. The summed E-state index contributed by atoms with van der Waals surface area (Å²) in [7, 11) is 0. The van der Waals surface area contributed by atoms with Gasteiger partial charge in [-0.25, -0.2) is 4.79 Å². The highest BCUT2D eigenvalue weighted by Crippen LogP contribution is 2.09. The van der Waals surface area contributed by atoms with E-state index in [9.17, 15) is 9.59 Å². The van der Waals surface area contributed by atoms with Crippen LogP contribution in [0.4, 0.5) is 5.69 Å². The van der Waals surface area contributed by atoms with E-state index in [1.54, 1.807) is 12.1 Å². The van der Waals surface area contributed by atoms with Crippen molar-refractivity contribution >= 4 is 17.4 Å². The number of rotatable bonds is 6. The van der Waals surface area contributed by atoms with Crippen LogP contribution in [0.5, 0.6) is 0 Å². The molecule has 0 spiro atoms. The summed E-state index contributed by atoms with van der Waals surface area (Å²) < 4.78 is 4.73. The zero-order chi connectivity index (χ0) is 21.1. The van der Waals surface area contributed by atoms with Gasteiger partial charge in [0, 0.05) is 16.8 Å². The van der Waals surface area contributed by atoms with Gasteiger partial charge in [0.15, 0.2) is 5.78 Å². The molecule has 0 heterocycles. The van der Waals surface area contributed by atoms with Crippen molar-refractivity contribution in [2.75, 3.05) is 18.9 Å². The molecule has 0 aliphatic heterocycles. The third-order valence-electron chi connectivity index (χ3n) is 3.84. The molecule has 29 heavy (non-hydrogen) atoms. The minimum atomic E-state index is -1.04. The summed E-state index contributed by atoms with van der Waals surface area (Å²) in [4.78, 5) is 23.2. The Hall–Kier alpha value is -3.48. The Morgan fingerprint density at radius 2 is 1.28 bits per heavy atom. The molecule has 0 bridgehead atoms. The monoisotopic (exact) mass is 393 g/mol. The molecule has 3 aromatic carbocycles. The molecule has 0 radical (unpaired) electrons. The predicted octanol–water partition coefficient (Wildman–Crippen LogP) is 2.70. The SMILES string of the molecule is Nc1ccc(C(=O)OCC(O)CO)cc1.O=C(c1ccccc1)c1ccccc1. The summed E-state index contributed by atoms with van der Waals surface area (Å²) >= 11 is 0. The fraction of sp³-hybridized carbons (Fsp3) is 0.130. The van der Waals surface area contributed by atoms with Crippen molar-refractivity contribution in [3.8, 4) is 0 Å². The highest BCUT2D eigenvalue weighted by Gasteiger charge is 2.09. The van der Waals surface area contributed by atoms with E-state index in [0.29, 0.717) is 11.3 Å². The Balaban J connectivity index is 0.000000207. The molecule has 1 unspecified atom stereocenters. The van der Waals surface area contributed by atoms with Crippen molar-refractivity contribution in [3.05, 3.63) is 102 Å². The van der Waals surface area contributed by atoms with Gasteiger partial charge >= 0.3 is 5.97 Å². The molecule has 3 aromatic rings. The lowest BCUT2D eigenvalue weighted by molar-refractivity contribution is 0.00933. The number of ketones is 1. The Morgan fingerprint density at radius 1 is 0.793 bits per heavy atom. The summed E-state index contributed by atoms with van der Waals surface area (Å²) in [5.41, 5.74) is 7.83. The lowest BCUT2D eigenvalue weighted by Crippen LogP contribution is -2.21. The Kier molecular flexibility index (Phi) is 8.56. The van der Waals surface area contributed by atoms with Gasteiger partial charge in [-0.15, -0.1) is 0 Å². The van der Waals surface area contributed by atoms with Crippen LogP contribution in [0.1, 0.15) is 26.3 Å².